The molecule has 1 aromatic heterocycles. The Kier molecular flexibility index (Phi) is 4.26. The predicted molar refractivity (Wildman–Crippen MR) is 83.6 cm³/mol. The van der Waals surface area contributed by atoms with E-state index in [1.165, 1.54) is 6.08 Å². The van der Waals surface area contributed by atoms with Gasteiger partial charge in [-0.3, -0.25) is 9.48 Å². The number of rotatable bonds is 4. The molecule has 0 amide bonds. The van der Waals surface area contributed by atoms with Crippen LogP contribution in [0, 0.1) is 13.8 Å². The van der Waals surface area contributed by atoms with Crippen LogP contribution >= 0.6 is 0 Å². The number of carbonyl (C=O) groups excluding carboxylic acids is 1. The largest absolute Gasteiger partial charge is 0.508 e. The Morgan fingerprint density at radius 2 is 2.05 bits per heavy atom. The van der Waals surface area contributed by atoms with Crippen molar-refractivity contribution in [3.05, 3.63) is 52.9 Å². The van der Waals surface area contributed by atoms with Crippen LogP contribution in [0.4, 0.5) is 0 Å². The SMILES string of the molecule is Cc1nn(C(C)C)c(C)c1C(=O)C=Cc1cccc(O)c1. The number of hydrogen-bond donors (Lipinski definition) is 1. The maximum atomic E-state index is 12.4. The van der Waals surface area contributed by atoms with Crippen LogP contribution in [0.5, 0.6) is 5.75 Å². The number of allylic oxidation sites excluding steroid dienone is 1. The summed E-state index contributed by atoms with van der Waals surface area (Å²) in [7, 11) is 0. The quantitative estimate of drug-likeness (QED) is 0.688. The Hall–Kier alpha value is -2.36. The molecule has 1 aromatic carbocycles. The number of hydrogen-bond acceptors (Lipinski definition) is 3. The first-order valence-electron chi connectivity index (χ1n) is 6.97. The van der Waals surface area contributed by atoms with E-state index in [9.17, 15) is 9.90 Å². The Morgan fingerprint density at radius 3 is 2.62 bits per heavy atom. The zero-order valence-electron chi connectivity index (χ0n) is 12.8. The van der Waals surface area contributed by atoms with Crippen LogP contribution in [0.15, 0.2) is 30.3 Å². The Labute approximate surface area is 124 Å². The number of aromatic hydroxyl groups is 1. The smallest absolute Gasteiger partial charge is 0.189 e. The second-order valence-corrected chi connectivity index (χ2v) is 5.38. The lowest BCUT2D eigenvalue weighted by atomic mass is 10.1. The third kappa shape index (κ3) is 3.21. The molecule has 1 heterocycles. The second kappa shape index (κ2) is 5.95. The van der Waals surface area contributed by atoms with Gasteiger partial charge in [0, 0.05) is 11.7 Å². The summed E-state index contributed by atoms with van der Waals surface area (Å²) in [6.07, 6.45) is 3.23. The normalized spacial score (nSPS) is 11.5. The van der Waals surface area contributed by atoms with Crippen molar-refractivity contribution >= 4 is 11.9 Å². The van der Waals surface area contributed by atoms with E-state index in [4.69, 9.17) is 0 Å². The summed E-state index contributed by atoms with van der Waals surface area (Å²) in [4.78, 5) is 12.4. The van der Waals surface area contributed by atoms with Gasteiger partial charge in [-0.1, -0.05) is 18.2 Å². The molecule has 110 valence electrons. The van der Waals surface area contributed by atoms with Crippen molar-refractivity contribution in [2.24, 2.45) is 0 Å². The standard InChI is InChI=1S/C17H20N2O2/c1-11(2)19-13(4)17(12(3)18-19)16(21)9-8-14-6-5-7-15(20)10-14/h5-11,20H,1-4H3. The van der Waals surface area contributed by atoms with E-state index in [0.29, 0.717) is 5.56 Å². The van der Waals surface area contributed by atoms with Crippen molar-refractivity contribution in [1.82, 2.24) is 9.78 Å². The summed E-state index contributed by atoms with van der Waals surface area (Å²) in [5.41, 5.74) is 3.06. The Balaban J connectivity index is 2.29. The molecule has 0 aliphatic rings. The van der Waals surface area contributed by atoms with Gasteiger partial charge in [-0.05, 0) is 51.5 Å². The molecule has 0 unspecified atom stereocenters. The first-order chi connectivity index (χ1) is 9.90. The molecule has 0 aliphatic carbocycles. The number of aromatic nitrogens is 2. The fraction of sp³-hybridized carbons (Fsp3) is 0.294. The van der Waals surface area contributed by atoms with Gasteiger partial charge in [-0.15, -0.1) is 0 Å². The summed E-state index contributed by atoms with van der Waals surface area (Å²) in [6.45, 7) is 7.84. The minimum Gasteiger partial charge on any atom is -0.508 e. The number of carbonyl (C=O) groups is 1. The van der Waals surface area contributed by atoms with Crippen LogP contribution in [0.2, 0.25) is 0 Å². The molecule has 21 heavy (non-hydrogen) atoms. The van der Waals surface area contributed by atoms with Gasteiger partial charge in [0.2, 0.25) is 0 Å². The number of ketones is 1. The molecule has 0 spiro atoms. The molecule has 0 saturated carbocycles. The van der Waals surface area contributed by atoms with Crippen LogP contribution in [0.1, 0.15) is 47.2 Å². The van der Waals surface area contributed by atoms with E-state index >= 15 is 0 Å². The van der Waals surface area contributed by atoms with Gasteiger partial charge < -0.3 is 5.11 Å². The number of phenols is 1. The van der Waals surface area contributed by atoms with Crippen molar-refractivity contribution < 1.29 is 9.90 Å². The van der Waals surface area contributed by atoms with Gasteiger partial charge in [-0.25, -0.2) is 0 Å². The molecule has 2 rings (SSSR count). The van der Waals surface area contributed by atoms with Crippen LogP contribution in [0.25, 0.3) is 6.08 Å². The van der Waals surface area contributed by atoms with Crippen LogP contribution in [-0.4, -0.2) is 20.7 Å². The number of aryl methyl sites for hydroxylation is 1. The van der Waals surface area contributed by atoms with Crippen molar-refractivity contribution in [1.29, 1.82) is 0 Å². The average Bonchev–Trinajstić information content (AvgIpc) is 2.72. The Bertz CT molecular complexity index is 697. The summed E-state index contributed by atoms with van der Waals surface area (Å²) < 4.78 is 1.87. The fourth-order valence-electron chi connectivity index (χ4n) is 2.41. The predicted octanol–water partition coefficient (Wildman–Crippen LogP) is 3.68. The molecule has 0 bridgehead atoms. The molecule has 0 atom stereocenters. The Morgan fingerprint density at radius 1 is 1.33 bits per heavy atom. The summed E-state index contributed by atoms with van der Waals surface area (Å²) in [5, 5.41) is 13.8. The highest BCUT2D eigenvalue weighted by Crippen LogP contribution is 2.19. The molecular formula is C17H20N2O2. The second-order valence-electron chi connectivity index (χ2n) is 5.38. The van der Waals surface area contributed by atoms with Gasteiger partial charge in [0.25, 0.3) is 0 Å². The maximum absolute atomic E-state index is 12.4. The van der Waals surface area contributed by atoms with E-state index in [-0.39, 0.29) is 17.6 Å². The van der Waals surface area contributed by atoms with Crippen LogP contribution in [0.3, 0.4) is 0 Å². The summed E-state index contributed by atoms with van der Waals surface area (Å²) in [6, 6.07) is 7.01. The highest BCUT2D eigenvalue weighted by Gasteiger charge is 2.17. The molecule has 0 aliphatic heterocycles. The molecule has 0 radical (unpaired) electrons. The molecule has 0 fully saturated rings. The first kappa shape index (κ1) is 15.0. The molecule has 4 nitrogen and oxygen atoms in total. The molecule has 0 saturated heterocycles. The summed E-state index contributed by atoms with van der Waals surface area (Å²) >= 11 is 0. The number of phenolic OH excluding ortho intramolecular Hbond substituents is 1. The molecule has 2 aromatic rings. The lowest BCUT2D eigenvalue weighted by Gasteiger charge is -2.07. The molecular weight excluding hydrogens is 264 g/mol. The van der Waals surface area contributed by atoms with E-state index in [0.717, 1.165) is 17.0 Å². The third-order valence-corrected chi connectivity index (χ3v) is 3.36. The number of nitrogens with zero attached hydrogens (tertiary/aromatic N) is 2. The van der Waals surface area contributed by atoms with Crippen molar-refractivity contribution in [3.63, 3.8) is 0 Å². The lowest BCUT2D eigenvalue weighted by Crippen LogP contribution is -2.06. The van der Waals surface area contributed by atoms with E-state index in [1.54, 1.807) is 24.3 Å². The topological polar surface area (TPSA) is 55.1 Å². The summed E-state index contributed by atoms with van der Waals surface area (Å²) in [5.74, 6) is 0.116. The van der Waals surface area contributed by atoms with E-state index < -0.39 is 0 Å². The van der Waals surface area contributed by atoms with Crippen LogP contribution < -0.4 is 0 Å². The lowest BCUT2D eigenvalue weighted by molar-refractivity contribution is 0.104. The highest BCUT2D eigenvalue weighted by atomic mass is 16.3. The minimum atomic E-state index is -0.0692. The van der Waals surface area contributed by atoms with Gasteiger partial charge in [0.05, 0.1) is 11.3 Å². The first-order valence-corrected chi connectivity index (χ1v) is 6.97. The minimum absolute atomic E-state index is 0.0692. The van der Waals surface area contributed by atoms with E-state index in [1.807, 2.05) is 38.4 Å². The monoisotopic (exact) mass is 284 g/mol. The highest BCUT2D eigenvalue weighted by molar-refractivity contribution is 6.08. The van der Waals surface area contributed by atoms with Crippen LogP contribution in [-0.2, 0) is 0 Å². The van der Waals surface area contributed by atoms with Gasteiger partial charge in [0.1, 0.15) is 5.75 Å². The third-order valence-electron chi connectivity index (χ3n) is 3.36. The van der Waals surface area contributed by atoms with Crippen molar-refractivity contribution in [3.8, 4) is 5.75 Å². The van der Waals surface area contributed by atoms with E-state index in [2.05, 4.69) is 5.10 Å². The van der Waals surface area contributed by atoms with Gasteiger partial charge in [-0.2, -0.15) is 5.10 Å². The van der Waals surface area contributed by atoms with Crippen molar-refractivity contribution in [2.75, 3.05) is 0 Å². The average molecular weight is 284 g/mol. The molecule has 1 N–H and O–H groups in total. The van der Waals surface area contributed by atoms with Crippen molar-refractivity contribution in [2.45, 2.75) is 33.7 Å². The maximum Gasteiger partial charge on any atom is 0.189 e. The van der Waals surface area contributed by atoms with Gasteiger partial charge >= 0.3 is 0 Å². The number of benzene rings is 1. The molecule has 4 heteroatoms. The van der Waals surface area contributed by atoms with Gasteiger partial charge in [0.15, 0.2) is 5.78 Å². The fourth-order valence-corrected chi connectivity index (χ4v) is 2.41. The zero-order chi connectivity index (χ0) is 15.6. The zero-order valence-corrected chi connectivity index (χ0v) is 12.8.